The Bertz CT molecular complexity index is 362. The second-order valence-electron chi connectivity index (χ2n) is 4.14. The summed E-state index contributed by atoms with van der Waals surface area (Å²) in [5.74, 6) is -2.78. The molecule has 0 bridgehead atoms. The van der Waals surface area contributed by atoms with Gasteiger partial charge in [-0.15, -0.1) is 0 Å². The molecule has 0 spiro atoms. The molecule has 0 radical (unpaired) electrons. The molecule has 2 N–H and O–H groups in total. The number of nitrogen functional groups attached to an aromatic ring is 1. The van der Waals surface area contributed by atoms with Gasteiger partial charge in [0.1, 0.15) is 11.5 Å². The average molecular weight is 227 g/mol. The van der Waals surface area contributed by atoms with Crippen LogP contribution in [0.25, 0.3) is 0 Å². The Morgan fingerprint density at radius 2 is 2.00 bits per heavy atom. The third kappa shape index (κ3) is 2.47. The lowest BCUT2D eigenvalue weighted by molar-refractivity contribution is -0.0365. The highest BCUT2D eigenvalue weighted by Crippen LogP contribution is 2.29. The molecule has 1 fully saturated rings. The second-order valence-corrected chi connectivity index (χ2v) is 4.14. The Kier molecular flexibility index (Phi) is 3.05. The van der Waals surface area contributed by atoms with Crippen molar-refractivity contribution >= 4 is 5.82 Å². The molecule has 0 aromatic carbocycles. The average Bonchev–Trinajstić information content (AvgIpc) is 2.70. The number of aromatic nitrogens is 1. The lowest BCUT2D eigenvalue weighted by Crippen LogP contribution is -2.34. The monoisotopic (exact) mass is 227 g/mol. The molecule has 2 rings (SSSR count). The molecule has 1 aromatic rings. The van der Waals surface area contributed by atoms with E-state index in [0.29, 0.717) is 0 Å². The van der Waals surface area contributed by atoms with Gasteiger partial charge in [0.15, 0.2) is 0 Å². The van der Waals surface area contributed by atoms with E-state index in [1.807, 2.05) is 0 Å². The fourth-order valence-corrected chi connectivity index (χ4v) is 1.96. The molecule has 5 heteroatoms. The standard InChI is InChI=1S/C11H15F2N3/c12-11(13,8-16-6-1-2-7-16)9-4-3-5-10(14)15-9/h3-5H,1-2,6-8H2,(H2,14,15). The van der Waals surface area contributed by atoms with Crippen molar-refractivity contribution in [1.82, 2.24) is 9.88 Å². The first-order chi connectivity index (χ1) is 7.58. The third-order valence-corrected chi connectivity index (χ3v) is 2.77. The highest BCUT2D eigenvalue weighted by molar-refractivity contribution is 5.30. The largest absolute Gasteiger partial charge is 0.384 e. The number of hydrogen-bond acceptors (Lipinski definition) is 3. The zero-order valence-electron chi connectivity index (χ0n) is 9.00. The van der Waals surface area contributed by atoms with Crippen molar-refractivity contribution in [3.8, 4) is 0 Å². The quantitative estimate of drug-likeness (QED) is 0.856. The minimum Gasteiger partial charge on any atom is -0.384 e. The summed E-state index contributed by atoms with van der Waals surface area (Å²) < 4.78 is 27.7. The molecule has 16 heavy (non-hydrogen) atoms. The number of likely N-dealkylation sites (tertiary alicyclic amines) is 1. The Balaban J connectivity index is 2.10. The second kappa shape index (κ2) is 4.33. The van der Waals surface area contributed by atoms with E-state index in [0.717, 1.165) is 25.9 Å². The van der Waals surface area contributed by atoms with E-state index in [-0.39, 0.29) is 18.1 Å². The molecule has 0 aliphatic carbocycles. The van der Waals surface area contributed by atoms with Gasteiger partial charge in [-0.3, -0.25) is 4.90 Å². The first kappa shape index (κ1) is 11.3. The summed E-state index contributed by atoms with van der Waals surface area (Å²) in [7, 11) is 0. The molecule has 88 valence electrons. The van der Waals surface area contributed by atoms with Crippen LogP contribution in [0.3, 0.4) is 0 Å². The Labute approximate surface area is 93.3 Å². The number of halogens is 2. The molecule has 1 saturated heterocycles. The van der Waals surface area contributed by atoms with E-state index in [9.17, 15) is 8.78 Å². The summed E-state index contributed by atoms with van der Waals surface area (Å²) in [5.41, 5.74) is 5.17. The van der Waals surface area contributed by atoms with Gasteiger partial charge in [-0.25, -0.2) is 4.98 Å². The van der Waals surface area contributed by atoms with E-state index in [2.05, 4.69) is 4.98 Å². The van der Waals surface area contributed by atoms with Gasteiger partial charge in [0.25, 0.3) is 0 Å². The summed E-state index contributed by atoms with van der Waals surface area (Å²) >= 11 is 0. The first-order valence-electron chi connectivity index (χ1n) is 5.41. The van der Waals surface area contributed by atoms with E-state index >= 15 is 0 Å². The van der Waals surface area contributed by atoms with Crippen LogP contribution >= 0.6 is 0 Å². The van der Waals surface area contributed by atoms with Gasteiger partial charge < -0.3 is 5.73 Å². The van der Waals surface area contributed by atoms with Gasteiger partial charge in [0.2, 0.25) is 0 Å². The molecule has 0 atom stereocenters. The maximum Gasteiger partial charge on any atom is 0.302 e. The topological polar surface area (TPSA) is 42.1 Å². The van der Waals surface area contributed by atoms with Crippen LogP contribution < -0.4 is 5.73 Å². The maximum atomic E-state index is 13.8. The number of nitrogens with zero attached hydrogens (tertiary/aromatic N) is 2. The van der Waals surface area contributed by atoms with Crippen molar-refractivity contribution in [2.75, 3.05) is 25.4 Å². The minimum absolute atomic E-state index is 0.138. The minimum atomic E-state index is -2.92. The van der Waals surface area contributed by atoms with Crippen LogP contribution in [0.2, 0.25) is 0 Å². The van der Waals surface area contributed by atoms with E-state index in [1.54, 1.807) is 4.90 Å². The molecule has 0 saturated carbocycles. The van der Waals surface area contributed by atoms with Gasteiger partial charge in [-0.1, -0.05) is 6.07 Å². The molecule has 3 nitrogen and oxygen atoms in total. The van der Waals surface area contributed by atoms with E-state index in [1.165, 1.54) is 18.2 Å². The molecule has 0 amide bonds. The lowest BCUT2D eigenvalue weighted by Gasteiger charge is -2.22. The van der Waals surface area contributed by atoms with Crippen LogP contribution in [0.1, 0.15) is 18.5 Å². The summed E-state index contributed by atoms with van der Waals surface area (Å²) in [5, 5.41) is 0. The van der Waals surface area contributed by atoms with Gasteiger partial charge in [0, 0.05) is 0 Å². The van der Waals surface area contributed by atoms with Crippen molar-refractivity contribution in [1.29, 1.82) is 0 Å². The Hall–Kier alpha value is -1.23. The van der Waals surface area contributed by atoms with Crippen LogP contribution in [-0.4, -0.2) is 29.5 Å². The highest BCUT2D eigenvalue weighted by Gasteiger charge is 2.36. The lowest BCUT2D eigenvalue weighted by atomic mass is 10.2. The zero-order chi connectivity index (χ0) is 11.6. The number of rotatable bonds is 3. The van der Waals surface area contributed by atoms with Crippen molar-refractivity contribution in [3.63, 3.8) is 0 Å². The zero-order valence-corrected chi connectivity index (χ0v) is 9.00. The maximum absolute atomic E-state index is 13.8. The number of anilines is 1. The van der Waals surface area contributed by atoms with Crippen molar-refractivity contribution in [2.24, 2.45) is 0 Å². The smallest absolute Gasteiger partial charge is 0.302 e. The number of pyridine rings is 1. The predicted octanol–water partition coefficient (Wildman–Crippen LogP) is 1.85. The highest BCUT2D eigenvalue weighted by atomic mass is 19.3. The fourth-order valence-electron chi connectivity index (χ4n) is 1.96. The molecule has 0 unspecified atom stereocenters. The van der Waals surface area contributed by atoms with E-state index < -0.39 is 5.92 Å². The summed E-state index contributed by atoms with van der Waals surface area (Å²) in [6, 6.07) is 4.34. The van der Waals surface area contributed by atoms with Crippen molar-refractivity contribution in [2.45, 2.75) is 18.8 Å². The summed E-state index contributed by atoms with van der Waals surface area (Å²) in [6.45, 7) is 1.24. The number of hydrogen-bond donors (Lipinski definition) is 1. The summed E-state index contributed by atoms with van der Waals surface area (Å²) in [6.07, 6.45) is 2.00. The molecule has 1 aromatic heterocycles. The van der Waals surface area contributed by atoms with Crippen LogP contribution in [0.15, 0.2) is 18.2 Å². The van der Waals surface area contributed by atoms with Gasteiger partial charge in [-0.2, -0.15) is 8.78 Å². The van der Waals surface area contributed by atoms with Gasteiger partial charge >= 0.3 is 5.92 Å². The first-order valence-corrected chi connectivity index (χ1v) is 5.41. The molecule has 1 aliphatic rings. The number of nitrogens with two attached hydrogens (primary N) is 1. The molecule has 2 heterocycles. The fraction of sp³-hybridized carbons (Fsp3) is 0.545. The van der Waals surface area contributed by atoms with Crippen LogP contribution in [0.5, 0.6) is 0 Å². The summed E-state index contributed by atoms with van der Waals surface area (Å²) in [4.78, 5) is 5.46. The van der Waals surface area contributed by atoms with Gasteiger partial charge in [0.05, 0.1) is 6.54 Å². The molecular formula is C11H15F2N3. The predicted molar refractivity (Wildman–Crippen MR) is 58.2 cm³/mol. The van der Waals surface area contributed by atoms with E-state index in [4.69, 9.17) is 5.73 Å². The van der Waals surface area contributed by atoms with Crippen molar-refractivity contribution in [3.05, 3.63) is 23.9 Å². The normalized spacial score (nSPS) is 17.9. The Morgan fingerprint density at radius 1 is 1.31 bits per heavy atom. The SMILES string of the molecule is Nc1cccc(C(F)(F)CN2CCCC2)n1. The number of alkyl halides is 2. The van der Waals surface area contributed by atoms with Gasteiger partial charge in [-0.05, 0) is 38.1 Å². The van der Waals surface area contributed by atoms with Crippen LogP contribution in [0, 0.1) is 0 Å². The third-order valence-electron chi connectivity index (χ3n) is 2.77. The van der Waals surface area contributed by atoms with Crippen LogP contribution in [-0.2, 0) is 5.92 Å². The van der Waals surface area contributed by atoms with Crippen molar-refractivity contribution < 1.29 is 8.78 Å². The molecule has 1 aliphatic heterocycles. The Morgan fingerprint density at radius 3 is 2.62 bits per heavy atom. The molecular weight excluding hydrogens is 212 g/mol. The van der Waals surface area contributed by atoms with Crippen LogP contribution in [0.4, 0.5) is 14.6 Å².